The lowest BCUT2D eigenvalue weighted by atomic mass is 9.97. The molecule has 1 fully saturated rings. The third-order valence-electron chi connectivity index (χ3n) is 5.48. The summed E-state index contributed by atoms with van der Waals surface area (Å²) in [6.45, 7) is 5.39. The molecule has 0 radical (unpaired) electrons. The van der Waals surface area contributed by atoms with Crippen LogP contribution >= 0.6 is 0 Å². The quantitative estimate of drug-likeness (QED) is 0.751. The number of benzene rings is 2. The molecule has 0 atom stereocenters. The Hall–Kier alpha value is -2.95. The van der Waals surface area contributed by atoms with Crippen LogP contribution in [0.5, 0.6) is 0 Å². The Bertz CT molecular complexity index is 990. The van der Waals surface area contributed by atoms with E-state index in [1.807, 2.05) is 36.9 Å². The Morgan fingerprint density at radius 3 is 2.29 bits per heavy atom. The molecule has 4 rings (SSSR count). The highest BCUT2D eigenvalue weighted by Gasteiger charge is 2.43. The molecule has 2 aromatic carbocycles. The van der Waals surface area contributed by atoms with E-state index in [1.54, 1.807) is 12.1 Å². The minimum absolute atomic E-state index is 0.00627. The zero-order chi connectivity index (χ0) is 19.8. The van der Waals surface area contributed by atoms with Crippen molar-refractivity contribution >= 4 is 23.1 Å². The third-order valence-corrected chi connectivity index (χ3v) is 5.48. The van der Waals surface area contributed by atoms with Gasteiger partial charge >= 0.3 is 0 Å². The summed E-state index contributed by atoms with van der Waals surface area (Å²) in [6.07, 6.45) is 3.07. The molecule has 0 spiro atoms. The number of aryl methyl sites for hydroxylation is 2. The minimum Gasteiger partial charge on any atom is -0.366 e. The SMILES string of the molecule is Cc1ccc(C2=C(N3CCCCC3)C(=O)N(c3ccccc3F)C2=O)c(C)c1. The summed E-state index contributed by atoms with van der Waals surface area (Å²) < 4.78 is 14.4. The van der Waals surface area contributed by atoms with Crippen LogP contribution in [0.2, 0.25) is 0 Å². The predicted octanol–water partition coefficient (Wildman–Crippen LogP) is 4.21. The number of hydrogen-bond acceptors (Lipinski definition) is 3. The number of piperidine rings is 1. The fourth-order valence-corrected chi connectivity index (χ4v) is 4.12. The van der Waals surface area contributed by atoms with Crippen LogP contribution in [0.15, 0.2) is 48.2 Å². The molecule has 2 amide bonds. The highest BCUT2D eigenvalue weighted by atomic mass is 19.1. The number of hydrogen-bond donors (Lipinski definition) is 0. The molecular formula is C23H23FN2O2. The van der Waals surface area contributed by atoms with Crippen molar-refractivity contribution in [3.8, 4) is 0 Å². The molecule has 1 saturated heterocycles. The van der Waals surface area contributed by atoms with Gasteiger partial charge in [0.2, 0.25) is 0 Å². The van der Waals surface area contributed by atoms with E-state index in [1.165, 1.54) is 12.1 Å². The first-order valence-corrected chi connectivity index (χ1v) is 9.69. The average molecular weight is 378 g/mol. The number of nitrogens with zero attached hydrogens (tertiary/aromatic N) is 2. The van der Waals surface area contributed by atoms with E-state index in [2.05, 4.69) is 0 Å². The van der Waals surface area contributed by atoms with Crippen molar-refractivity contribution in [2.45, 2.75) is 33.1 Å². The van der Waals surface area contributed by atoms with Gasteiger partial charge in [-0.15, -0.1) is 0 Å². The molecule has 0 bridgehead atoms. The summed E-state index contributed by atoms with van der Waals surface area (Å²) in [5.74, 6) is -1.47. The van der Waals surface area contributed by atoms with Crippen LogP contribution in [0, 0.1) is 19.7 Å². The first kappa shape index (κ1) is 18.4. The van der Waals surface area contributed by atoms with Crippen LogP contribution in [-0.4, -0.2) is 29.8 Å². The second-order valence-corrected chi connectivity index (χ2v) is 7.49. The third kappa shape index (κ3) is 3.01. The van der Waals surface area contributed by atoms with Gasteiger partial charge in [0.05, 0.1) is 11.3 Å². The molecule has 5 heteroatoms. The van der Waals surface area contributed by atoms with Crippen LogP contribution in [0.3, 0.4) is 0 Å². The van der Waals surface area contributed by atoms with Crippen LogP contribution in [0.1, 0.15) is 36.0 Å². The van der Waals surface area contributed by atoms with Crippen molar-refractivity contribution in [3.63, 3.8) is 0 Å². The van der Waals surface area contributed by atoms with Gasteiger partial charge in [-0.1, -0.05) is 35.9 Å². The first-order chi connectivity index (χ1) is 13.5. The van der Waals surface area contributed by atoms with Gasteiger partial charge in [0.1, 0.15) is 11.5 Å². The zero-order valence-corrected chi connectivity index (χ0v) is 16.2. The smallest absolute Gasteiger partial charge is 0.282 e. The molecule has 144 valence electrons. The number of para-hydroxylation sites is 1. The molecule has 2 heterocycles. The number of rotatable bonds is 3. The van der Waals surface area contributed by atoms with Crippen LogP contribution in [0.4, 0.5) is 10.1 Å². The average Bonchev–Trinajstić information content (AvgIpc) is 2.93. The molecule has 28 heavy (non-hydrogen) atoms. The Morgan fingerprint density at radius 2 is 1.61 bits per heavy atom. The maximum absolute atomic E-state index is 14.4. The molecule has 0 aromatic heterocycles. The van der Waals surface area contributed by atoms with Gasteiger partial charge in [-0.3, -0.25) is 9.59 Å². The van der Waals surface area contributed by atoms with Gasteiger partial charge in [-0.05, 0) is 56.4 Å². The second kappa shape index (κ2) is 7.23. The molecule has 0 N–H and O–H groups in total. The van der Waals surface area contributed by atoms with Gasteiger partial charge in [-0.2, -0.15) is 0 Å². The Balaban J connectivity index is 1.88. The lowest BCUT2D eigenvalue weighted by Gasteiger charge is -2.29. The minimum atomic E-state index is -0.580. The van der Waals surface area contributed by atoms with E-state index in [0.29, 0.717) is 11.3 Å². The fraction of sp³-hybridized carbons (Fsp3) is 0.304. The number of halogens is 1. The lowest BCUT2D eigenvalue weighted by molar-refractivity contribution is -0.120. The van der Waals surface area contributed by atoms with Gasteiger partial charge in [0.25, 0.3) is 11.8 Å². The highest BCUT2D eigenvalue weighted by molar-refractivity contribution is 6.45. The number of carbonyl (C=O) groups is 2. The maximum atomic E-state index is 14.4. The summed E-state index contributed by atoms with van der Waals surface area (Å²) in [6, 6.07) is 11.8. The number of anilines is 1. The molecule has 2 aromatic rings. The van der Waals surface area contributed by atoms with Crippen molar-refractivity contribution in [2.24, 2.45) is 0 Å². The Morgan fingerprint density at radius 1 is 0.893 bits per heavy atom. The molecular weight excluding hydrogens is 355 g/mol. The van der Waals surface area contributed by atoms with Crippen molar-refractivity contribution < 1.29 is 14.0 Å². The van der Waals surface area contributed by atoms with Crippen LogP contribution < -0.4 is 4.90 Å². The van der Waals surface area contributed by atoms with Gasteiger partial charge in [0.15, 0.2) is 0 Å². The summed E-state index contributed by atoms with van der Waals surface area (Å²) >= 11 is 0. The Kier molecular flexibility index (Phi) is 4.75. The molecule has 0 saturated carbocycles. The zero-order valence-electron chi connectivity index (χ0n) is 16.2. The molecule has 2 aliphatic heterocycles. The van der Waals surface area contributed by atoms with E-state index in [4.69, 9.17) is 0 Å². The second-order valence-electron chi connectivity index (χ2n) is 7.49. The van der Waals surface area contributed by atoms with Gasteiger partial charge in [-0.25, -0.2) is 9.29 Å². The van der Waals surface area contributed by atoms with E-state index < -0.39 is 17.6 Å². The van der Waals surface area contributed by atoms with E-state index in [0.717, 1.165) is 53.9 Å². The number of imide groups is 1. The summed E-state index contributed by atoms with van der Waals surface area (Å²) in [5.41, 5.74) is 3.55. The topological polar surface area (TPSA) is 40.6 Å². The molecule has 0 unspecified atom stereocenters. The van der Waals surface area contributed by atoms with Crippen LogP contribution in [-0.2, 0) is 9.59 Å². The molecule has 4 nitrogen and oxygen atoms in total. The van der Waals surface area contributed by atoms with Crippen LogP contribution in [0.25, 0.3) is 5.57 Å². The fourth-order valence-electron chi connectivity index (χ4n) is 4.12. The van der Waals surface area contributed by atoms with Crippen molar-refractivity contribution in [1.29, 1.82) is 0 Å². The van der Waals surface area contributed by atoms with Gasteiger partial charge < -0.3 is 4.90 Å². The highest BCUT2D eigenvalue weighted by Crippen LogP contribution is 2.37. The number of carbonyl (C=O) groups excluding carboxylic acids is 2. The monoisotopic (exact) mass is 378 g/mol. The van der Waals surface area contributed by atoms with Gasteiger partial charge in [0, 0.05) is 13.1 Å². The maximum Gasteiger partial charge on any atom is 0.282 e. The predicted molar refractivity (Wildman–Crippen MR) is 107 cm³/mol. The van der Waals surface area contributed by atoms with Crippen molar-refractivity contribution in [1.82, 2.24) is 4.90 Å². The summed E-state index contributed by atoms with van der Waals surface area (Å²) in [7, 11) is 0. The first-order valence-electron chi connectivity index (χ1n) is 9.69. The Labute approximate surface area is 164 Å². The standard InChI is InChI=1S/C23H23FN2O2/c1-15-10-11-17(16(2)14-15)20-21(25-12-6-3-7-13-25)23(28)26(22(20)27)19-9-5-4-8-18(19)24/h4-5,8-11,14H,3,6-7,12-13H2,1-2H3. The van der Waals surface area contributed by atoms with E-state index in [9.17, 15) is 14.0 Å². The lowest BCUT2D eigenvalue weighted by Crippen LogP contribution is -2.37. The normalized spacial score (nSPS) is 17.7. The molecule has 0 aliphatic carbocycles. The van der Waals surface area contributed by atoms with Crippen molar-refractivity contribution in [2.75, 3.05) is 18.0 Å². The summed E-state index contributed by atoms with van der Waals surface area (Å²) in [4.78, 5) is 29.8. The number of likely N-dealkylation sites (tertiary alicyclic amines) is 1. The number of amides is 2. The van der Waals surface area contributed by atoms with Crippen molar-refractivity contribution in [3.05, 3.63) is 70.7 Å². The largest absolute Gasteiger partial charge is 0.366 e. The molecule has 2 aliphatic rings. The van der Waals surface area contributed by atoms with E-state index >= 15 is 0 Å². The van der Waals surface area contributed by atoms with E-state index in [-0.39, 0.29) is 5.69 Å². The summed E-state index contributed by atoms with van der Waals surface area (Å²) in [5, 5.41) is 0.